The predicted molar refractivity (Wildman–Crippen MR) is 37.1 cm³/mol. The summed E-state index contributed by atoms with van der Waals surface area (Å²) < 4.78 is 0. The van der Waals surface area contributed by atoms with Gasteiger partial charge in [-0.2, -0.15) is 11.5 Å². The molecule has 0 aliphatic heterocycles. The van der Waals surface area contributed by atoms with Crippen molar-refractivity contribution >= 4 is 10.9 Å². The first kappa shape index (κ1) is 19.1. The quantitative estimate of drug-likeness (QED) is 0.465. The van der Waals surface area contributed by atoms with Crippen molar-refractivity contribution < 1.29 is 63.4 Å². The van der Waals surface area contributed by atoms with Gasteiger partial charge >= 0.3 is 26.2 Å². The first-order valence-electron chi connectivity index (χ1n) is 2.90. The molecule has 2 rings (SSSR count). The second-order valence-electron chi connectivity index (χ2n) is 2.00. The molecule has 0 atom stereocenters. The average Bonchev–Trinajstić information content (AvgIpc) is 2.33. The van der Waals surface area contributed by atoms with E-state index in [1.165, 1.54) is 5.39 Å². The van der Waals surface area contributed by atoms with Gasteiger partial charge in [-0.3, -0.25) is 0 Å². The Morgan fingerprint density at radius 1 is 1.00 bits per heavy atom. The van der Waals surface area contributed by atoms with Gasteiger partial charge in [0, 0.05) is 0 Å². The van der Waals surface area contributed by atoms with Crippen LogP contribution in [0.25, 0.3) is 10.9 Å². The number of aromatic nitrogens is 1. The molecule has 1 N–H and O–H groups in total. The van der Waals surface area contributed by atoms with E-state index in [1.54, 1.807) is 0 Å². The van der Waals surface area contributed by atoms with Gasteiger partial charge in [0.25, 0.3) is 0 Å². The van der Waals surface area contributed by atoms with Crippen molar-refractivity contribution in [1.82, 2.24) is 4.98 Å². The molecule has 0 aliphatic carbocycles. The summed E-state index contributed by atoms with van der Waals surface area (Å²) in [5, 5.41) is 1.22. The van der Waals surface area contributed by atoms with Gasteiger partial charge < -0.3 is 42.2 Å². The van der Waals surface area contributed by atoms with Crippen molar-refractivity contribution in [2.75, 3.05) is 0 Å². The van der Waals surface area contributed by atoms with E-state index < -0.39 is 0 Å². The molecule has 2 aromatic rings. The maximum atomic E-state index is 2.99. The molecule has 0 unspecified atom stereocenters. The van der Waals surface area contributed by atoms with Gasteiger partial charge in [0.15, 0.2) is 0 Å². The molecular formula is C8H6Cl3NZr. The van der Waals surface area contributed by atoms with Crippen molar-refractivity contribution in [3.63, 3.8) is 0 Å². The minimum absolute atomic E-state index is 0. The van der Waals surface area contributed by atoms with Crippen LogP contribution >= 0.6 is 0 Å². The van der Waals surface area contributed by atoms with Crippen LogP contribution in [0, 0.1) is 6.20 Å². The number of hydrogen-bond acceptors (Lipinski definition) is 0. The van der Waals surface area contributed by atoms with E-state index in [9.17, 15) is 0 Å². The maximum Gasteiger partial charge on any atom is 4.00 e. The molecule has 0 aliphatic rings. The monoisotopic (exact) mass is 311 g/mol. The molecule has 5 heteroatoms. The molecule has 0 saturated heterocycles. The van der Waals surface area contributed by atoms with Gasteiger partial charge in [-0.25, -0.2) is 0 Å². The predicted octanol–water partition coefficient (Wildman–Crippen LogP) is -7.02. The van der Waals surface area contributed by atoms with E-state index in [4.69, 9.17) is 0 Å². The van der Waals surface area contributed by atoms with Crippen LogP contribution in [0.1, 0.15) is 0 Å². The third-order valence-electron chi connectivity index (χ3n) is 1.40. The average molecular weight is 314 g/mol. The number of H-pyrrole nitrogens is 1. The first-order valence-corrected chi connectivity index (χ1v) is 2.90. The van der Waals surface area contributed by atoms with Crippen molar-refractivity contribution in [3.05, 3.63) is 36.5 Å². The number of halogens is 3. The van der Waals surface area contributed by atoms with E-state index in [0.29, 0.717) is 0 Å². The molecular weight excluding hydrogens is 308 g/mol. The summed E-state index contributed by atoms with van der Waals surface area (Å²) in [6.45, 7) is 0. The molecule has 0 saturated carbocycles. The van der Waals surface area contributed by atoms with Crippen LogP contribution in [0.15, 0.2) is 30.3 Å². The van der Waals surface area contributed by atoms with Crippen LogP contribution in [0.5, 0.6) is 0 Å². The maximum absolute atomic E-state index is 2.99. The molecule has 68 valence electrons. The number of benzene rings is 1. The number of hydrogen-bond donors (Lipinski definition) is 1. The van der Waals surface area contributed by atoms with Crippen molar-refractivity contribution in [1.29, 1.82) is 0 Å². The number of rotatable bonds is 0. The largest absolute Gasteiger partial charge is 4.00 e. The van der Waals surface area contributed by atoms with Crippen LogP contribution in [0.2, 0.25) is 0 Å². The summed E-state index contributed by atoms with van der Waals surface area (Å²) in [6.07, 6.45) is 2.91. The first-order chi connectivity index (χ1) is 4.47. The molecule has 0 bridgehead atoms. The van der Waals surface area contributed by atoms with Gasteiger partial charge in [0.1, 0.15) is 0 Å². The molecule has 1 nitrogen and oxygen atoms in total. The normalized spacial score (nSPS) is 7.08. The molecule has 13 heavy (non-hydrogen) atoms. The van der Waals surface area contributed by atoms with Gasteiger partial charge in [-0.05, 0) is 0 Å². The molecule has 0 spiro atoms. The molecule has 1 aromatic carbocycles. The third-order valence-corrected chi connectivity index (χ3v) is 1.40. The molecule has 0 fully saturated rings. The van der Waals surface area contributed by atoms with Gasteiger partial charge in [-0.1, -0.05) is 12.1 Å². The zero-order valence-electron chi connectivity index (χ0n) is 6.52. The minimum Gasteiger partial charge on any atom is -1.00 e. The molecule has 0 radical (unpaired) electrons. The number of fused-ring (bicyclic) bond motifs is 1. The second-order valence-corrected chi connectivity index (χ2v) is 2.00. The zero-order valence-corrected chi connectivity index (χ0v) is 11.2. The van der Waals surface area contributed by atoms with E-state index in [1.807, 2.05) is 24.3 Å². The van der Waals surface area contributed by atoms with E-state index in [0.717, 1.165) is 5.52 Å². The van der Waals surface area contributed by atoms with E-state index >= 15 is 0 Å². The standard InChI is InChI=1S/C8H6N.3ClH.Zr/c1-2-4-8-7(3-1)5-6-9-8;;;;/h1-5,9H;3*1H;/q-1;;;;+4/p-3. The molecule has 1 heterocycles. The summed E-state index contributed by atoms with van der Waals surface area (Å²) in [4.78, 5) is 2.99. The van der Waals surface area contributed by atoms with Crippen molar-refractivity contribution in [2.24, 2.45) is 0 Å². The topological polar surface area (TPSA) is 15.8 Å². The Kier molecular flexibility index (Phi) is 13.4. The minimum atomic E-state index is 0. The number of aromatic amines is 1. The Hall–Kier alpha value is 0.513. The summed E-state index contributed by atoms with van der Waals surface area (Å²) >= 11 is 0. The van der Waals surface area contributed by atoms with Crippen LogP contribution in [-0.2, 0) is 26.2 Å². The fraction of sp³-hybridized carbons (Fsp3) is 0. The Bertz CT molecular complexity index is 293. The Morgan fingerprint density at radius 2 is 1.62 bits per heavy atom. The molecule has 1 aromatic heterocycles. The van der Waals surface area contributed by atoms with Crippen LogP contribution < -0.4 is 37.2 Å². The van der Waals surface area contributed by atoms with Gasteiger partial charge in [0.05, 0.1) is 0 Å². The van der Waals surface area contributed by atoms with Crippen LogP contribution in [0.3, 0.4) is 0 Å². The van der Waals surface area contributed by atoms with Crippen molar-refractivity contribution in [3.8, 4) is 0 Å². The summed E-state index contributed by atoms with van der Waals surface area (Å²) in [6, 6.07) is 10.1. The van der Waals surface area contributed by atoms with Gasteiger partial charge in [-0.15, -0.1) is 23.8 Å². The SMILES string of the molecule is [Cl-].[Cl-].[Cl-].[Zr+4].[c-]1cc2ccccc2[nH]1. The summed E-state index contributed by atoms with van der Waals surface area (Å²) in [5.41, 5.74) is 1.15. The zero-order chi connectivity index (χ0) is 6.10. The Labute approximate surface area is 115 Å². The summed E-state index contributed by atoms with van der Waals surface area (Å²) in [7, 11) is 0. The number of nitrogens with one attached hydrogen (secondary N) is 1. The fourth-order valence-corrected chi connectivity index (χ4v) is 0.928. The fourth-order valence-electron chi connectivity index (χ4n) is 0.928. The third kappa shape index (κ3) is 4.51. The summed E-state index contributed by atoms with van der Waals surface area (Å²) in [5.74, 6) is 0. The Balaban J connectivity index is -0.000000250. The Morgan fingerprint density at radius 3 is 2.23 bits per heavy atom. The van der Waals surface area contributed by atoms with Crippen LogP contribution in [0.4, 0.5) is 0 Å². The number of para-hydroxylation sites is 1. The smallest absolute Gasteiger partial charge is 1.00 e. The van der Waals surface area contributed by atoms with Crippen LogP contribution in [-0.4, -0.2) is 4.98 Å². The van der Waals surface area contributed by atoms with E-state index in [2.05, 4.69) is 17.2 Å². The molecule has 0 amide bonds. The second kappa shape index (κ2) is 9.08. The van der Waals surface area contributed by atoms with E-state index in [-0.39, 0.29) is 63.4 Å². The van der Waals surface area contributed by atoms with Gasteiger partial charge in [0.2, 0.25) is 0 Å². The van der Waals surface area contributed by atoms with Crippen molar-refractivity contribution in [2.45, 2.75) is 0 Å².